The second-order valence-electron chi connectivity index (χ2n) is 7.48. The molecular formula is C22H27N7O3. The Morgan fingerprint density at radius 2 is 1.84 bits per heavy atom. The van der Waals surface area contributed by atoms with Crippen molar-refractivity contribution in [2.45, 2.75) is 13.0 Å². The van der Waals surface area contributed by atoms with E-state index in [0.717, 1.165) is 16.9 Å². The second-order valence-corrected chi connectivity index (χ2v) is 7.48. The summed E-state index contributed by atoms with van der Waals surface area (Å²) in [5.41, 5.74) is 8.26. The topological polar surface area (TPSA) is 131 Å². The SMILES string of the molecule is COc1ccccc1[C@H](CNc1nc(N)c([N+](=O)[O-])c(Nc2ccc(C)cc2)n1)N(C)C. The van der Waals surface area contributed by atoms with Crippen LogP contribution in [-0.4, -0.2) is 47.5 Å². The van der Waals surface area contributed by atoms with E-state index >= 15 is 0 Å². The molecule has 10 nitrogen and oxygen atoms in total. The summed E-state index contributed by atoms with van der Waals surface area (Å²) in [6.07, 6.45) is 0. The minimum Gasteiger partial charge on any atom is -0.496 e. The summed E-state index contributed by atoms with van der Waals surface area (Å²) in [5, 5.41) is 17.7. The highest BCUT2D eigenvalue weighted by Gasteiger charge is 2.24. The number of para-hydroxylation sites is 1. The average molecular weight is 438 g/mol. The minimum atomic E-state index is -0.590. The van der Waals surface area contributed by atoms with Crippen LogP contribution in [0.2, 0.25) is 0 Å². The maximum absolute atomic E-state index is 11.6. The molecule has 32 heavy (non-hydrogen) atoms. The van der Waals surface area contributed by atoms with E-state index in [1.807, 2.05) is 74.4 Å². The third kappa shape index (κ3) is 5.22. The molecule has 0 fully saturated rings. The number of nitrogen functional groups attached to an aromatic ring is 1. The van der Waals surface area contributed by atoms with E-state index in [-0.39, 0.29) is 29.3 Å². The monoisotopic (exact) mass is 437 g/mol. The van der Waals surface area contributed by atoms with E-state index in [1.165, 1.54) is 0 Å². The van der Waals surface area contributed by atoms with Crippen LogP contribution in [-0.2, 0) is 0 Å². The summed E-state index contributed by atoms with van der Waals surface area (Å²) >= 11 is 0. The zero-order valence-corrected chi connectivity index (χ0v) is 18.5. The van der Waals surface area contributed by atoms with Crippen LogP contribution in [0.4, 0.5) is 29.0 Å². The molecule has 3 aromatic rings. The number of hydrogen-bond donors (Lipinski definition) is 3. The van der Waals surface area contributed by atoms with Crippen molar-refractivity contribution in [3.05, 3.63) is 69.8 Å². The molecule has 1 heterocycles. The second kappa shape index (κ2) is 9.92. The van der Waals surface area contributed by atoms with E-state index in [4.69, 9.17) is 10.5 Å². The predicted octanol–water partition coefficient (Wildman–Crippen LogP) is 3.74. The van der Waals surface area contributed by atoms with Gasteiger partial charge in [0, 0.05) is 17.8 Å². The molecule has 168 valence electrons. The number of nitrogens with one attached hydrogen (secondary N) is 2. The van der Waals surface area contributed by atoms with Gasteiger partial charge in [-0.1, -0.05) is 35.9 Å². The molecule has 0 radical (unpaired) electrons. The Morgan fingerprint density at radius 3 is 2.47 bits per heavy atom. The molecule has 10 heteroatoms. The van der Waals surface area contributed by atoms with Crippen LogP contribution < -0.4 is 21.1 Å². The average Bonchev–Trinajstić information content (AvgIpc) is 2.75. The zero-order valence-electron chi connectivity index (χ0n) is 18.5. The molecule has 0 saturated heterocycles. The third-order valence-corrected chi connectivity index (χ3v) is 4.98. The number of hydrogen-bond acceptors (Lipinski definition) is 9. The Morgan fingerprint density at radius 1 is 1.16 bits per heavy atom. The molecule has 0 unspecified atom stereocenters. The standard InChI is InChI=1S/C22H27N7O3/c1-14-9-11-15(12-10-14)25-21-19(29(30)31)20(23)26-22(27-21)24-13-17(28(2)3)16-7-5-6-8-18(16)32-4/h5-12,17H,13H2,1-4H3,(H4,23,24,25,26,27)/t17-/m0/s1. The van der Waals surface area contributed by atoms with Crippen LogP contribution in [0.25, 0.3) is 0 Å². The summed E-state index contributed by atoms with van der Waals surface area (Å²) in [7, 11) is 5.53. The number of anilines is 4. The lowest BCUT2D eigenvalue weighted by Gasteiger charge is -2.26. The van der Waals surface area contributed by atoms with E-state index < -0.39 is 4.92 Å². The van der Waals surface area contributed by atoms with E-state index in [2.05, 4.69) is 20.6 Å². The Kier molecular flexibility index (Phi) is 7.06. The van der Waals surface area contributed by atoms with Crippen LogP contribution in [0, 0.1) is 17.0 Å². The lowest BCUT2D eigenvalue weighted by Crippen LogP contribution is -2.28. The number of benzene rings is 2. The Balaban J connectivity index is 1.89. The third-order valence-electron chi connectivity index (χ3n) is 4.98. The summed E-state index contributed by atoms with van der Waals surface area (Å²) in [5.74, 6) is 0.747. The van der Waals surface area contributed by atoms with Gasteiger partial charge < -0.3 is 26.0 Å². The van der Waals surface area contributed by atoms with Gasteiger partial charge in [0.1, 0.15) is 5.75 Å². The van der Waals surface area contributed by atoms with Gasteiger partial charge in [-0.05, 0) is 39.2 Å². The fourth-order valence-corrected chi connectivity index (χ4v) is 3.29. The first-order valence-electron chi connectivity index (χ1n) is 9.99. The maximum Gasteiger partial charge on any atom is 0.353 e. The van der Waals surface area contributed by atoms with Gasteiger partial charge in [-0.15, -0.1) is 0 Å². The molecule has 0 aliphatic rings. The quantitative estimate of drug-likeness (QED) is 0.338. The molecule has 2 aromatic carbocycles. The number of likely N-dealkylation sites (N-methyl/N-ethyl adjacent to an activating group) is 1. The van der Waals surface area contributed by atoms with Crippen molar-refractivity contribution >= 4 is 29.0 Å². The molecule has 4 N–H and O–H groups in total. The molecule has 1 atom stereocenters. The van der Waals surface area contributed by atoms with Gasteiger partial charge in [0.2, 0.25) is 17.6 Å². The smallest absolute Gasteiger partial charge is 0.353 e. The summed E-state index contributed by atoms with van der Waals surface area (Å²) in [6.45, 7) is 2.38. The van der Waals surface area contributed by atoms with Crippen LogP contribution in [0.1, 0.15) is 17.2 Å². The molecule has 0 spiro atoms. The highest BCUT2D eigenvalue weighted by Crippen LogP contribution is 2.32. The van der Waals surface area contributed by atoms with Crippen molar-refractivity contribution in [2.24, 2.45) is 0 Å². The minimum absolute atomic E-state index is 0.0209. The Labute approximate surface area is 186 Å². The number of nitrogens with zero attached hydrogens (tertiary/aromatic N) is 4. The molecule has 0 amide bonds. The molecule has 0 aliphatic carbocycles. The summed E-state index contributed by atoms with van der Waals surface area (Å²) < 4.78 is 5.49. The maximum atomic E-state index is 11.6. The number of aryl methyl sites for hydroxylation is 1. The lowest BCUT2D eigenvalue weighted by molar-refractivity contribution is -0.383. The van der Waals surface area contributed by atoms with Crippen molar-refractivity contribution in [1.82, 2.24) is 14.9 Å². The molecule has 3 rings (SSSR count). The highest BCUT2D eigenvalue weighted by atomic mass is 16.6. The first-order valence-corrected chi connectivity index (χ1v) is 9.99. The summed E-state index contributed by atoms with van der Waals surface area (Å²) in [4.78, 5) is 21.5. The number of nitro groups is 1. The first-order chi connectivity index (χ1) is 15.3. The van der Waals surface area contributed by atoms with Gasteiger partial charge in [-0.25, -0.2) is 0 Å². The molecule has 1 aromatic heterocycles. The van der Waals surface area contributed by atoms with E-state index in [0.29, 0.717) is 12.2 Å². The normalized spacial score (nSPS) is 11.8. The number of methoxy groups -OCH3 is 1. The van der Waals surface area contributed by atoms with E-state index in [1.54, 1.807) is 7.11 Å². The fraction of sp³-hybridized carbons (Fsp3) is 0.273. The van der Waals surface area contributed by atoms with Gasteiger partial charge in [0.15, 0.2) is 0 Å². The largest absolute Gasteiger partial charge is 0.496 e. The lowest BCUT2D eigenvalue weighted by atomic mass is 10.0. The zero-order chi connectivity index (χ0) is 23.3. The van der Waals surface area contributed by atoms with Crippen LogP contribution >= 0.6 is 0 Å². The van der Waals surface area contributed by atoms with Crippen molar-refractivity contribution in [1.29, 1.82) is 0 Å². The van der Waals surface area contributed by atoms with Gasteiger partial charge in [-0.2, -0.15) is 9.97 Å². The highest BCUT2D eigenvalue weighted by molar-refractivity contribution is 5.74. The van der Waals surface area contributed by atoms with Crippen LogP contribution in [0.15, 0.2) is 48.5 Å². The predicted molar refractivity (Wildman–Crippen MR) is 125 cm³/mol. The number of aromatic nitrogens is 2. The van der Waals surface area contributed by atoms with Crippen LogP contribution in [0.3, 0.4) is 0 Å². The van der Waals surface area contributed by atoms with Gasteiger partial charge >= 0.3 is 5.69 Å². The molecular weight excluding hydrogens is 410 g/mol. The molecule has 0 saturated carbocycles. The van der Waals surface area contributed by atoms with Crippen molar-refractivity contribution in [3.8, 4) is 5.75 Å². The van der Waals surface area contributed by atoms with Crippen LogP contribution in [0.5, 0.6) is 5.75 Å². The Hall–Kier alpha value is -3.92. The van der Waals surface area contributed by atoms with Gasteiger partial charge in [-0.3, -0.25) is 10.1 Å². The fourth-order valence-electron chi connectivity index (χ4n) is 3.29. The van der Waals surface area contributed by atoms with Crippen molar-refractivity contribution in [3.63, 3.8) is 0 Å². The number of rotatable bonds is 9. The van der Waals surface area contributed by atoms with E-state index in [9.17, 15) is 10.1 Å². The van der Waals surface area contributed by atoms with Crippen molar-refractivity contribution < 1.29 is 9.66 Å². The number of ether oxygens (including phenoxy) is 1. The molecule has 0 aliphatic heterocycles. The van der Waals surface area contributed by atoms with Gasteiger partial charge in [0.05, 0.1) is 18.1 Å². The molecule has 0 bridgehead atoms. The Bertz CT molecular complexity index is 1090. The van der Waals surface area contributed by atoms with Crippen molar-refractivity contribution in [2.75, 3.05) is 44.1 Å². The first kappa shape index (κ1) is 22.8. The summed E-state index contributed by atoms with van der Waals surface area (Å²) in [6, 6.07) is 15.1. The number of nitrogens with two attached hydrogens (primary N) is 1. The van der Waals surface area contributed by atoms with Gasteiger partial charge in [0.25, 0.3) is 0 Å².